The lowest BCUT2D eigenvalue weighted by Crippen LogP contribution is -2.06. The highest BCUT2D eigenvalue weighted by Gasteiger charge is 2.47. The summed E-state index contributed by atoms with van der Waals surface area (Å²) in [6.45, 7) is 0. The lowest BCUT2D eigenvalue weighted by atomic mass is 10.1. The highest BCUT2D eigenvalue weighted by atomic mass is 79.9. The molecule has 0 aromatic carbocycles. The molecule has 2 rings (SSSR count). The van der Waals surface area contributed by atoms with Gasteiger partial charge in [0.15, 0.2) is 0 Å². The second kappa shape index (κ2) is 3.76. The molecule has 1 fully saturated rings. The molecule has 4 nitrogen and oxygen atoms in total. The lowest BCUT2D eigenvalue weighted by molar-refractivity contribution is 0.387. The normalized spacial score (nSPS) is 16.7. The number of nitrogens with zero attached hydrogens (tertiary/aromatic N) is 2. The summed E-state index contributed by atoms with van der Waals surface area (Å²) in [6, 6.07) is 1.89. The van der Waals surface area contributed by atoms with Crippen LogP contribution in [0.2, 0.25) is 0 Å². The Morgan fingerprint density at radius 3 is 2.93 bits per heavy atom. The fraction of sp³-hybridized carbons (Fsp3) is 0.400. The van der Waals surface area contributed by atoms with Gasteiger partial charge in [-0.25, -0.2) is 9.78 Å². The average molecular weight is 269 g/mol. The first-order chi connectivity index (χ1) is 7.22. The summed E-state index contributed by atoms with van der Waals surface area (Å²) in [7, 11) is 1.56. The molecule has 78 valence electrons. The van der Waals surface area contributed by atoms with Gasteiger partial charge in [-0.1, -0.05) is 0 Å². The summed E-state index contributed by atoms with van der Waals surface area (Å²) in [5, 5.41) is 0. The van der Waals surface area contributed by atoms with Crippen LogP contribution in [0.4, 0.5) is 0 Å². The van der Waals surface area contributed by atoms with E-state index in [1.54, 1.807) is 19.4 Å². The molecule has 0 bridgehead atoms. The van der Waals surface area contributed by atoms with Gasteiger partial charge in [-0.15, -0.1) is 0 Å². The second-order valence-corrected chi connectivity index (χ2v) is 4.36. The van der Waals surface area contributed by atoms with Gasteiger partial charge < -0.3 is 4.74 Å². The second-order valence-electron chi connectivity index (χ2n) is 3.45. The van der Waals surface area contributed by atoms with E-state index in [0.29, 0.717) is 5.88 Å². The number of halogens is 1. The smallest absolute Gasteiger partial charge is 0.235 e. The van der Waals surface area contributed by atoms with Gasteiger partial charge in [-0.2, -0.15) is 4.99 Å². The molecule has 15 heavy (non-hydrogen) atoms. The van der Waals surface area contributed by atoms with E-state index in [0.717, 1.165) is 22.9 Å². The van der Waals surface area contributed by atoms with Crippen LogP contribution >= 0.6 is 15.9 Å². The molecule has 1 aromatic rings. The Balaban J connectivity index is 2.50. The average Bonchev–Trinajstić information content (AvgIpc) is 2.99. The molecule has 0 unspecified atom stereocenters. The Morgan fingerprint density at radius 2 is 2.40 bits per heavy atom. The highest BCUT2D eigenvalue weighted by Crippen LogP contribution is 2.52. The summed E-state index contributed by atoms with van der Waals surface area (Å²) < 4.78 is 6.00. The molecule has 0 amide bonds. The molecular formula is C10H9BrN2O2. The van der Waals surface area contributed by atoms with Crippen molar-refractivity contribution in [3.05, 3.63) is 22.3 Å². The highest BCUT2D eigenvalue weighted by molar-refractivity contribution is 9.10. The number of aliphatic imine (C=N–C) groups is 1. The quantitative estimate of drug-likeness (QED) is 0.624. The zero-order valence-electron chi connectivity index (χ0n) is 8.16. The minimum absolute atomic E-state index is 0.441. The van der Waals surface area contributed by atoms with Crippen LogP contribution in [0.25, 0.3) is 0 Å². The van der Waals surface area contributed by atoms with Crippen LogP contribution in [0.3, 0.4) is 0 Å². The summed E-state index contributed by atoms with van der Waals surface area (Å²) in [6.07, 6.45) is 4.96. The number of hydrogen-bond donors (Lipinski definition) is 0. The van der Waals surface area contributed by atoms with E-state index in [-0.39, 0.29) is 0 Å². The number of isocyanates is 1. The predicted molar refractivity (Wildman–Crippen MR) is 57.5 cm³/mol. The van der Waals surface area contributed by atoms with E-state index >= 15 is 0 Å². The number of hydrogen-bond acceptors (Lipinski definition) is 4. The third-order valence-electron chi connectivity index (χ3n) is 2.50. The van der Waals surface area contributed by atoms with Gasteiger partial charge in [0.25, 0.3) is 0 Å². The van der Waals surface area contributed by atoms with Gasteiger partial charge in [0, 0.05) is 16.2 Å². The number of aromatic nitrogens is 1. The number of ether oxygens (including phenoxy) is 1. The Labute approximate surface area is 95.5 Å². The third-order valence-corrected chi connectivity index (χ3v) is 2.93. The van der Waals surface area contributed by atoms with Gasteiger partial charge in [0.1, 0.15) is 5.54 Å². The van der Waals surface area contributed by atoms with Gasteiger partial charge in [-0.05, 0) is 34.8 Å². The van der Waals surface area contributed by atoms with Crippen LogP contribution in [0.5, 0.6) is 5.88 Å². The Bertz CT molecular complexity index is 437. The molecule has 0 radical (unpaired) electrons. The molecule has 0 saturated heterocycles. The Hall–Kier alpha value is -1.19. The topological polar surface area (TPSA) is 51.6 Å². The van der Waals surface area contributed by atoms with E-state index < -0.39 is 5.54 Å². The number of carbonyl (C=O) groups excluding carboxylic acids is 1. The first-order valence-corrected chi connectivity index (χ1v) is 5.30. The molecule has 1 aliphatic rings. The number of methoxy groups -OCH3 is 1. The standard InChI is InChI=1S/C10H9BrN2O2/c1-15-9-8(4-7(11)5-12-9)10(2-3-10)13-6-14/h4-5H,2-3H2,1H3. The first kappa shape index (κ1) is 10.3. The maximum atomic E-state index is 10.4. The van der Waals surface area contributed by atoms with Crippen molar-refractivity contribution in [2.75, 3.05) is 7.11 Å². The number of pyridine rings is 1. The number of rotatable bonds is 3. The minimum atomic E-state index is -0.441. The maximum Gasteiger partial charge on any atom is 0.235 e. The molecular weight excluding hydrogens is 260 g/mol. The van der Waals surface area contributed by atoms with Gasteiger partial charge in [-0.3, -0.25) is 0 Å². The Morgan fingerprint density at radius 1 is 1.67 bits per heavy atom. The van der Waals surface area contributed by atoms with Crippen LogP contribution in [0, 0.1) is 0 Å². The van der Waals surface area contributed by atoms with Crippen molar-refractivity contribution in [2.45, 2.75) is 18.4 Å². The SMILES string of the molecule is COc1ncc(Br)cc1C1(N=C=O)CC1. The molecule has 1 aromatic heterocycles. The van der Waals surface area contributed by atoms with E-state index in [9.17, 15) is 4.79 Å². The van der Waals surface area contributed by atoms with E-state index in [1.165, 1.54) is 0 Å². The fourth-order valence-corrected chi connectivity index (χ4v) is 1.90. The van der Waals surface area contributed by atoms with E-state index in [1.807, 2.05) is 6.07 Å². The molecule has 0 N–H and O–H groups in total. The van der Waals surface area contributed by atoms with Crippen LogP contribution in [-0.2, 0) is 10.3 Å². The Kier molecular flexibility index (Phi) is 2.59. The zero-order chi connectivity index (χ0) is 10.9. The van der Waals surface area contributed by atoms with Crippen LogP contribution in [0.15, 0.2) is 21.7 Å². The van der Waals surface area contributed by atoms with Gasteiger partial charge >= 0.3 is 0 Å². The van der Waals surface area contributed by atoms with E-state index in [4.69, 9.17) is 4.74 Å². The molecule has 0 atom stereocenters. The zero-order valence-corrected chi connectivity index (χ0v) is 9.74. The summed E-state index contributed by atoms with van der Waals surface area (Å²) in [5.41, 5.74) is 0.409. The third kappa shape index (κ3) is 1.80. The van der Waals surface area contributed by atoms with Crippen molar-refractivity contribution >= 4 is 22.0 Å². The summed E-state index contributed by atoms with van der Waals surface area (Å²) in [4.78, 5) is 18.3. The van der Waals surface area contributed by atoms with Gasteiger partial charge in [0.2, 0.25) is 12.0 Å². The minimum Gasteiger partial charge on any atom is -0.481 e. The van der Waals surface area contributed by atoms with Crippen LogP contribution in [0.1, 0.15) is 18.4 Å². The van der Waals surface area contributed by atoms with Gasteiger partial charge in [0.05, 0.1) is 7.11 Å². The predicted octanol–water partition coefficient (Wildman–Crippen LogP) is 2.18. The molecule has 0 spiro atoms. The molecule has 1 saturated carbocycles. The lowest BCUT2D eigenvalue weighted by Gasteiger charge is -2.12. The fourth-order valence-electron chi connectivity index (χ4n) is 1.57. The van der Waals surface area contributed by atoms with Crippen molar-refractivity contribution in [1.29, 1.82) is 0 Å². The van der Waals surface area contributed by atoms with Crippen molar-refractivity contribution in [2.24, 2.45) is 4.99 Å². The summed E-state index contributed by atoms with van der Waals surface area (Å²) >= 11 is 3.34. The van der Waals surface area contributed by atoms with Crippen molar-refractivity contribution < 1.29 is 9.53 Å². The van der Waals surface area contributed by atoms with Crippen molar-refractivity contribution in [3.8, 4) is 5.88 Å². The van der Waals surface area contributed by atoms with E-state index in [2.05, 4.69) is 25.9 Å². The first-order valence-electron chi connectivity index (χ1n) is 4.51. The van der Waals surface area contributed by atoms with Crippen LogP contribution in [-0.4, -0.2) is 18.2 Å². The molecule has 1 heterocycles. The van der Waals surface area contributed by atoms with Crippen molar-refractivity contribution in [3.63, 3.8) is 0 Å². The largest absolute Gasteiger partial charge is 0.481 e. The molecule has 5 heteroatoms. The van der Waals surface area contributed by atoms with Crippen molar-refractivity contribution in [1.82, 2.24) is 4.98 Å². The summed E-state index contributed by atoms with van der Waals surface area (Å²) in [5.74, 6) is 0.523. The monoisotopic (exact) mass is 268 g/mol. The van der Waals surface area contributed by atoms with Crippen LogP contribution < -0.4 is 4.74 Å². The molecule has 1 aliphatic carbocycles. The molecule has 0 aliphatic heterocycles. The maximum absolute atomic E-state index is 10.4.